The van der Waals surface area contributed by atoms with Gasteiger partial charge < -0.3 is 9.90 Å². The molecule has 0 aliphatic rings. The minimum atomic E-state index is -1.14. The van der Waals surface area contributed by atoms with Crippen molar-refractivity contribution in [2.24, 2.45) is 0 Å². The predicted molar refractivity (Wildman–Crippen MR) is 79.4 cm³/mol. The molecule has 5 heteroatoms. The second-order valence-electron chi connectivity index (χ2n) is 5.66. The fraction of sp³-hybridized carbons (Fsp3) is 0.875. The van der Waals surface area contributed by atoms with Crippen LogP contribution in [0.1, 0.15) is 71.1 Å². The summed E-state index contributed by atoms with van der Waals surface area (Å²) in [5.74, 6) is -1.01. The van der Waals surface area contributed by atoms with Gasteiger partial charge in [0.2, 0.25) is 0 Å². The van der Waals surface area contributed by atoms with Gasteiger partial charge in [0.05, 0.1) is 12.5 Å². The predicted octanol–water partition coefficient (Wildman–Crippen LogP) is -0.838. The average molecular weight is 307 g/mol. The summed E-state index contributed by atoms with van der Waals surface area (Å²) >= 11 is 0. The average Bonchev–Trinajstić information content (AvgIpc) is 2.35. The zero-order chi connectivity index (χ0) is 15.2. The zero-order valence-electron chi connectivity index (χ0n) is 14.2. The van der Waals surface area contributed by atoms with Crippen LogP contribution in [0.5, 0.6) is 0 Å². The largest absolute Gasteiger partial charge is 1.00 e. The quantitative estimate of drug-likeness (QED) is 0.310. The Morgan fingerprint density at radius 3 is 1.81 bits per heavy atom. The van der Waals surface area contributed by atoms with Crippen LogP contribution in [0.4, 0.5) is 0 Å². The molecule has 0 unspecified atom stereocenters. The Labute approximate surface area is 152 Å². The van der Waals surface area contributed by atoms with E-state index in [0.717, 1.165) is 12.8 Å². The van der Waals surface area contributed by atoms with Crippen LogP contribution in [0.3, 0.4) is 0 Å². The van der Waals surface area contributed by atoms with Crippen molar-refractivity contribution in [1.29, 1.82) is 0 Å². The monoisotopic (exact) mass is 307 g/mol. The molecule has 118 valence electrons. The molecule has 0 rings (SSSR count). The summed E-state index contributed by atoms with van der Waals surface area (Å²) in [6.45, 7) is 2.26. The van der Waals surface area contributed by atoms with Crippen molar-refractivity contribution >= 4 is 11.8 Å². The number of hydrogen-bond donors (Lipinski definition) is 0. The molecule has 0 atom stereocenters. The minimum absolute atomic E-state index is 0. The number of aliphatic carboxylic acids is 1. The second-order valence-corrected chi connectivity index (χ2v) is 5.66. The minimum Gasteiger partial charge on any atom is -0.549 e. The number of ketones is 1. The van der Waals surface area contributed by atoms with E-state index in [1.54, 1.807) is 7.05 Å². The molecule has 0 aliphatic carbocycles. The summed E-state index contributed by atoms with van der Waals surface area (Å²) in [5.41, 5.74) is 0. The van der Waals surface area contributed by atoms with Gasteiger partial charge in [0.25, 0.3) is 0 Å². The van der Waals surface area contributed by atoms with Gasteiger partial charge in [0.15, 0.2) is 0 Å². The van der Waals surface area contributed by atoms with E-state index in [4.69, 9.17) is 0 Å². The van der Waals surface area contributed by atoms with E-state index < -0.39 is 5.97 Å². The van der Waals surface area contributed by atoms with Crippen molar-refractivity contribution in [2.75, 3.05) is 20.1 Å². The normalized spacial score (nSPS) is 10.4. The van der Waals surface area contributed by atoms with E-state index in [0.29, 0.717) is 6.42 Å². The molecule has 4 nitrogen and oxygen atoms in total. The first-order valence-corrected chi connectivity index (χ1v) is 7.96. The molecule has 0 aromatic heterocycles. The number of likely N-dealkylation sites (N-methyl/N-ethyl adjacent to an activating group) is 1. The van der Waals surface area contributed by atoms with Crippen LogP contribution in [0.2, 0.25) is 0 Å². The zero-order valence-corrected chi connectivity index (χ0v) is 16.2. The van der Waals surface area contributed by atoms with Crippen molar-refractivity contribution in [3.8, 4) is 0 Å². The Morgan fingerprint density at radius 1 is 0.857 bits per heavy atom. The van der Waals surface area contributed by atoms with Crippen molar-refractivity contribution in [2.45, 2.75) is 71.1 Å². The molecule has 0 radical (unpaired) electrons. The Morgan fingerprint density at radius 2 is 1.33 bits per heavy atom. The summed E-state index contributed by atoms with van der Waals surface area (Å²) in [4.78, 5) is 23.4. The van der Waals surface area contributed by atoms with Crippen LogP contribution in [0, 0.1) is 0 Å². The van der Waals surface area contributed by atoms with Gasteiger partial charge in [-0.05, 0) is 13.5 Å². The Balaban J connectivity index is 0. The first kappa shape index (κ1) is 23.4. The van der Waals surface area contributed by atoms with Crippen LogP contribution < -0.4 is 34.7 Å². The smallest absolute Gasteiger partial charge is 0.549 e. The maximum absolute atomic E-state index is 11.6. The third-order valence-electron chi connectivity index (χ3n) is 3.40. The number of unbranched alkanes of at least 4 members (excludes halogenated alkanes) is 8. The summed E-state index contributed by atoms with van der Waals surface area (Å²) in [5, 5.41) is 10.4. The third-order valence-corrected chi connectivity index (χ3v) is 3.40. The summed E-state index contributed by atoms with van der Waals surface area (Å²) in [7, 11) is 1.63. The fourth-order valence-corrected chi connectivity index (χ4v) is 2.29. The summed E-state index contributed by atoms with van der Waals surface area (Å²) in [6.07, 6.45) is 11.7. The van der Waals surface area contributed by atoms with Gasteiger partial charge in [-0.15, -0.1) is 0 Å². The Kier molecular flexibility index (Phi) is 18.3. The first-order valence-electron chi connectivity index (χ1n) is 7.96. The first-order chi connectivity index (χ1) is 9.56. The number of carbonyl (C=O) groups is 2. The van der Waals surface area contributed by atoms with Gasteiger partial charge in [-0.3, -0.25) is 9.69 Å². The molecule has 0 spiro atoms. The van der Waals surface area contributed by atoms with E-state index in [2.05, 4.69) is 6.92 Å². The summed E-state index contributed by atoms with van der Waals surface area (Å²) < 4.78 is 0. The van der Waals surface area contributed by atoms with Gasteiger partial charge in [-0.25, -0.2) is 0 Å². The third kappa shape index (κ3) is 18.1. The van der Waals surface area contributed by atoms with Crippen LogP contribution in [0.25, 0.3) is 0 Å². The van der Waals surface area contributed by atoms with Gasteiger partial charge in [-0.1, -0.05) is 58.3 Å². The van der Waals surface area contributed by atoms with Crippen LogP contribution >= 0.6 is 0 Å². The molecular weight excluding hydrogens is 277 g/mol. The molecule has 21 heavy (non-hydrogen) atoms. The second kappa shape index (κ2) is 16.5. The molecule has 0 aromatic carbocycles. The SMILES string of the molecule is CCCCCCCCCCCC(=O)CN(C)CC(=O)[O-].[Na+]. The molecular formula is C16H30NNaO3. The maximum atomic E-state index is 11.6. The maximum Gasteiger partial charge on any atom is 1.00 e. The standard InChI is InChI=1S/C16H31NO3.Na/c1-3-4-5-6-7-8-9-10-11-12-15(18)13-17(2)14-16(19)20;/h3-14H2,1-2H3,(H,19,20);/q;+1/p-1. The molecule has 0 bridgehead atoms. The molecule has 0 heterocycles. The number of carboxylic acid groups (broad SMARTS) is 1. The number of hydrogen-bond acceptors (Lipinski definition) is 4. The summed E-state index contributed by atoms with van der Waals surface area (Å²) in [6, 6.07) is 0. The van der Waals surface area contributed by atoms with Gasteiger partial charge in [0, 0.05) is 13.0 Å². The molecule has 0 N–H and O–H groups in total. The number of rotatable bonds is 14. The van der Waals surface area contributed by atoms with E-state index in [1.807, 2.05) is 0 Å². The van der Waals surface area contributed by atoms with Crippen molar-refractivity contribution < 1.29 is 44.3 Å². The topological polar surface area (TPSA) is 60.4 Å². The number of nitrogens with zero attached hydrogens (tertiary/aromatic N) is 1. The van der Waals surface area contributed by atoms with E-state index in [1.165, 1.54) is 49.8 Å². The fourth-order valence-electron chi connectivity index (χ4n) is 2.29. The van der Waals surface area contributed by atoms with E-state index in [9.17, 15) is 14.7 Å². The Hall–Kier alpha value is 0.100. The van der Waals surface area contributed by atoms with Crippen LogP contribution in [-0.2, 0) is 9.59 Å². The van der Waals surface area contributed by atoms with Crippen molar-refractivity contribution in [3.63, 3.8) is 0 Å². The number of Topliss-reactive ketones (excluding diaryl/α,β-unsaturated/α-hetero) is 1. The van der Waals surface area contributed by atoms with Gasteiger partial charge in [0.1, 0.15) is 5.78 Å². The molecule has 0 saturated carbocycles. The van der Waals surface area contributed by atoms with Gasteiger partial charge in [-0.2, -0.15) is 0 Å². The number of carboxylic acids is 1. The van der Waals surface area contributed by atoms with Crippen molar-refractivity contribution in [1.82, 2.24) is 4.90 Å². The molecule has 0 aliphatic heterocycles. The molecule has 0 fully saturated rings. The molecule has 0 saturated heterocycles. The molecule has 0 amide bonds. The van der Waals surface area contributed by atoms with Crippen LogP contribution in [-0.4, -0.2) is 36.8 Å². The van der Waals surface area contributed by atoms with Gasteiger partial charge >= 0.3 is 29.6 Å². The molecule has 0 aromatic rings. The van der Waals surface area contributed by atoms with E-state index in [-0.39, 0.29) is 48.4 Å². The van der Waals surface area contributed by atoms with Crippen LogP contribution in [0.15, 0.2) is 0 Å². The van der Waals surface area contributed by atoms with E-state index >= 15 is 0 Å². The number of carbonyl (C=O) groups excluding carboxylic acids is 2. The van der Waals surface area contributed by atoms with Crippen molar-refractivity contribution in [3.05, 3.63) is 0 Å². The Bertz CT molecular complexity index is 272.